The fourth-order valence-electron chi connectivity index (χ4n) is 1.40. The van der Waals surface area contributed by atoms with Gasteiger partial charge in [0.05, 0.1) is 46.2 Å². The molecule has 0 bridgehead atoms. The Morgan fingerprint density at radius 1 is 0.783 bits per heavy atom. The van der Waals surface area contributed by atoms with Gasteiger partial charge in [0, 0.05) is 12.2 Å². The lowest BCUT2D eigenvalue weighted by Crippen LogP contribution is -2.14. The fraction of sp³-hybridized carbons (Fsp3) is 0.824. The summed E-state index contributed by atoms with van der Waals surface area (Å²) in [6.45, 7) is 14.1. The van der Waals surface area contributed by atoms with Gasteiger partial charge < -0.3 is 23.7 Å². The van der Waals surface area contributed by atoms with Crippen molar-refractivity contribution in [3.05, 3.63) is 12.2 Å². The molecule has 0 aromatic heterocycles. The highest BCUT2D eigenvalue weighted by Crippen LogP contribution is 1.98. The highest BCUT2D eigenvalue weighted by atomic mass is 16.6. The molecule has 0 spiro atoms. The summed E-state index contributed by atoms with van der Waals surface area (Å²) in [6.07, 6.45) is 1.08. The van der Waals surface area contributed by atoms with Crippen LogP contribution in [0.4, 0.5) is 0 Å². The number of ether oxygens (including phenoxy) is 5. The minimum atomic E-state index is -0.393. The molecule has 6 nitrogen and oxygen atoms in total. The van der Waals surface area contributed by atoms with E-state index in [1.807, 2.05) is 0 Å². The average molecular weight is 332 g/mol. The van der Waals surface area contributed by atoms with Gasteiger partial charge in [0.2, 0.25) is 0 Å². The van der Waals surface area contributed by atoms with Crippen molar-refractivity contribution in [3.8, 4) is 0 Å². The van der Waals surface area contributed by atoms with Gasteiger partial charge in [0.15, 0.2) is 0 Å². The summed E-state index contributed by atoms with van der Waals surface area (Å²) < 4.78 is 26.3. The van der Waals surface area contributed by atoms with Crippen LogP contribution in [0.2, 0.25) is 0 Å². The van der Waals surface area contributed by atoms with Crippen LogP contribution in [0.25, 0.3) is 0 Å². The maximum Gasteiger partial charge on any atom is 0.333 e. The van der Waals surface area contributed by atoms with Gasteiger partial charge in [0.25, 0.3) is 0 Å². The molecule has 0 saturated carbocycles. The normalized spacial score (nSPS) is 11.0. The monoisotopic (exact) mass is 332 g/mol. The molecule has 0 rings (SSSR count). The molecule has 0 aromatic carbocycles. The zero-order chi connectivity index (χ0) is 17.3. The predicted octanol–water partition coefficient (Wildman–Crippen LogP) is 2.22. The van der Waals surface area contributed by atoms with Gasteiger partial charge in [-0.25, -0.2) is 4.79 Å². The molecule has 23 heavy (non-hydrogen) atoms. The third kappa shape index (κ3) is 17.2. The van der Waals surface area contributed by atoms with Gasteiger partial charge in [-0.15, -0.1) is 0 Å². The van der Waals surface area contributed by atoms with Crippen molar-refractivity contribution >= 4 is 5.97 Å². The Bertz CT molecular complexity index is 303. The summed E-state index contributed by atoms with van der Waals surface area (Å²) in [5, 5.41) is 0. The lowest BCUT2D eigenvalue weighted by molar-refractivity contribution is -0.140. The summed E-state index contributed by atoms with van der Waals surface area (Å²) >= 11 is 0. The third-order valence-corrected chi connectivity index (χ3v) is 2.76. The number of carbonyl (C=O) groups excluding carboxylic acids is 1. The summed E-state index contributed by atoms with van der Waals surface area (Å²) in [4.78, 5) is 11.1. The van der Waals surface area contributed by atoms with Gasteiger partial charge in [-0.05, 0) is 19.3 Å². The van der Waals surface area contributed by atoms with E-state index in [2.05, 4.69) is 20.4 Å². The van der Waals surface area contributed by atoms with Crippen molar-refractivity contribution in [2.45, 2.75) is 27.2 Å². The summed E-state index contributed by atoms with van der Waals surface area (Å²) in [6, 6.07) is 0. The maximum atomic E-state index is 11.1. The highest BCUT2D eigenvalue weighted by Gasteiger charge is 2.01. The molecule has 0 aliphatic heterocycles. The van der Waals surface area contributed by atoms with Crippen molar-refractivity contribution in [2.75, 3.05) is 59.5 Å². The average Bonchev–Trinajstić information content (AvgIpc) is 2.50. The smallest absolute Gasteiger partial charge is 0.333 e. The first-order chi connectivity index (χ1) is 11.0. The molecule has 0 heterocycles. The molecule has 0 atom stereocenters. The second-order valence-electron chi connectivity index (χ2n) is 5.55. The Morgan fingerprint density at radius 3 is 1.57 bits per heavy atom. The molecule has 0 saturated heterocycles. The summed E-state index contributed by atoms with van der Waals surface area (Å²) in [5.41, 5.74) is 0.388. The van der Waals surface area contributed by atoms with E-state index in [9.17, 15) is 4.79 Å². The van der Waals surface area contributed by atoms with E-state index in [0.717, 1.165) is 13.0 Å². The van der Waals surface area contributed by atoms with Crippen LogP contribution in [-0.4, -0.2) is 65.4 Å². The van der Waals surface area contributed by atoms with Crippen LogP contribution in [0.1, 0.15) is 27.2 Å². The first-order valence-electron chi connectivity index (χ1n) is 8.17. The molecule has 0 N–H and O–H groups in total. The molecule has 0 radical (unpaired) electrons. The van der Waals surface area contributed by atoms with Gasteiger partial charge >= 0.3 is 5.97 Å². The second kappa shape index (κ2) is 15.9. The predicted molar refractivity (Wildman–Crippen MR) is 88.5 cm³/mol. The van der Waals surface area contributed by atoms with Gasteiger partial charge in [-0.2, -0.15) is 0 Å². The van der Waals surface area contributed by atoms with E-state index in [1.165, 1.54) is 0 Å². The first kappa shape index (κ1) is 22.1. The second-order valence-corrected chi connectivity index (χ2v) is 5.55. The number of rotatable bonds is 16. The summed E-state index contributed by atoms with van der Waals surface area (Å²) in [7, 11) is 0. The molecular formula is C17H32O6. The number of carbonyl (C=O) groups is 1. The largest absolute Gasteiger partial charge is 0.460 e. The Balaban J connectivity index is 3.08. The fourth-order valence-corrected chi connectivity index (χ4v) is 1.40. The number of esters is 1. The molecule has 136 valence electrons. The minimum Gasteiger partial charge on any atom is -0.460 e. The zero-order valence-corrected chi connectivity index (χ0v) is 14.8. The number of hydrogen-bond donors (Lipinski definition) is 0. The van der Waals surface area contributed by atoms with Crippen LogP contribution >= 0.6 is 0 Å². The molecule has 0 amide bonds. The summed E-state index contributed by atoms with van der Waals surface area (Å²) in [5.74, 6) is 0.278. The lowest BCUT2D eigenvalue weighted by atomic mass is 10.1. The number of hydrogen-bond acceptors (Lipinski definition) is 6. The van der Waals surface area contributed by atoms with Crippen molar-refractivity contribution in [1.29, 1.82) is 0 Å². The Labute approximate surface area is 140 Å². The molecule has 0 aliphatic rings. The Morgan fingerprint density at radius 2 is 1.17 bits per heavy atom. The lowest BCUT2D eigenvalue weighted by Gasteiger charge is -2.08. The third-order valence-electron chi connectivity index (χ3n) is 2.76. The maximum absolute atomic E-state index is 11.1. The van der Waals surface area contributed by atoms with Gasteiger partial charge in [-0.3, -0.25) is 0 Å². The SMILES string of the molecule is C=C(C)C(=O)OCCOCCOCCOCCOCCC(C)C. The van der Waals surface area contributed by atoms with Gasteiger partial charge in [0.1, 0.15) is 6.61 Å². The standard InChI is InChI=1S/C17H32O6/c1-15(2)5-6-19-7-8-20-9-10-21-11-12-22-13-14-23-17(18)16(3)4/h15H,3,5-14H2,1-2,4H3. The van der Waals surface area contributed by atoms with Crippen LogP contribution < -0.4 is 0 Å². The van der Waals surface area contributed by atoms with E-state index in [1.54, 1.807) is 6.92 Å². The van der Waals surface area contributed by atoms with Crippen LogP contribution in [0.3, 0.4) is 0 Å². The van der Waals surface area contributed by atoms with E-state index in [-0.39, 0.29) is 6.61 Å². The van der Waals surface area contributed by atoms with E-state index >= 15 is 0 Å². The molecule has 0 fully saturated rings. The Kier molecular flexibility index (Phi) is 15.3. The van der Waals surface area contributed by atoms with Crippen LogP contribution in [0.15, 0.2) is 12.2 Å². The topological polar surface area (TPSA) is 63.2 Å². The van der Waals surface area contributed by atoms with E-state index in [0.29, 0.717) is 57.7 Å². The van der Waals surface area contributed by atoms with Crippen molar-refractivity contribution in [1.82, 2.24) is 0 Å². The van der Waals surface area contributed by atoms with Crippen LogP contribution in [0, 0.1) is 5.92 Å². The molecule has 0 aliphatic carbocycles. The first-order valence-corrected chi connectivity index (χ1v) is 8.17. The van der Waals surface area contributed by atoms with Crippen molar-refractivity contribution < 1.29 is 28.5 Å². The van der Waals surface area contributed by atoms with E-state index < -0.39 is 5.97 Å². The van der Waals surface area contributed by atoms with Crippen LogP contribution in [0.5, 0.6) is 0 Å². The Hall–Kier alpha value is -0.950. The van der Waals surface area contributed by atoms with Crippen molar-refractivity contribution in [2.24, 2.45) is 5.92 Å². The molecule has 0 aromatic rings. The van der Waals surface area contributed by atoms with E-state index in [4.69, 9.17) is 23.7 Å². The zero-order valence-electron chi connectivity index (χ0n) is 14.8. The van der Waals surface area contributed by atoms with Crippen LogP contribution in [-0.2, 0) is 28.5 Å². The highest BCUT2D eigenvalue weighted by molar-refractivity contribution is 5.86. The quantitative estimate of drug-likeness (QED) is 0.245. The molecular weight excluding hydrogens is 300 g/mol. The van der Waals surface area contributed by atoms with Gasteiger partial charge in [-0.1, -0.05) is 20.4 Å². The molecule has 0 unspecified atom stereocenters. The minimum absolute atomic E-state index is 0.228. The molecule has 6 heteroatoms. The van der Waals surface area contributed by atoms with Crippen molar-refractivity contribution in [3.63, 3.8) is 0 Å².